The van der Waals surface area contributed by atoms with E-state index in [0.29, 0.717) is 23.5 Å². The summed E-state index contributed by atoms with van der Waals surface area (Å²) in [7, 11) is 0. The van der Waals surface area contributed by atoms with Crippen LogP contribution in [-0.4, -0.2) is 34.0 Å². The molecule has 0 bridgehead atoms. The molecular formula is C15H14N2O6. The Kier molecular flexibility index (Phi) is 6.23. The number of anilines is 2. The number of amides is 2. The molecule has 8 nitrogen and oxygen atoms in total. The monoisotopic (exact) mass is 318 g/mol. The fourth-order valence-electron chi connectivity index (χ4n) is 1.59. The normalized spacial score (nSPS) is 10.7. The zero-order valence-electron chi connectivity index (χ0n) is 12.1. The SMILES string of the molecule is Cc1cc(NC(=O)/C=C\C(=O)O)cc(NC(=O)/C=C\C(=O)O)c1. The largest absolute Gasteiger partial charge is 0.478 e. The number of carboxylic acid groups (broad SMARTS) is 2. The van der Waals surface area contributed by atoms with E-state index >= 15 is 0 Å². The van der Waals surface area contributed by atoms with Crippen LogP contribution in [0.25, 0.3) is 0 Å². The number of aryl methyl sites for hydroxylation is 1. The first-order chi connectivity index (χ1) is 10.8. The molecule has 0 aromatic heterocycles. The molecule has 2 amide bonds. The van der Waals surface area contributed by atoms with E-state index in [9.17, 15) is 19.2 Å². The first kappa shape index (κ1) is 17.6. The van der Waals surface area contributed by atoms with Crippen LogP contribution in [-0.2, 0) is 19.2 Å². The van der Waals surface area contributed by atoms with Crippen molar-refractivity contribution in [3.05, 3.63) is 48.1 Å². The van der Waals surface area contributed by atoms with Crippen molar-refractivity contribution >= 4 is 35.1 Å². The molecule has 1 rings (SSSR count). The van der Waals surface area contributed by atoms with Gasteiger partial charge in [-0.15, -0.1) is 0 Å². The van der Waals surface area contributed by atoms with Crippen molar-refractivity contribution in [2.45, 2.75) is 6.92 Å². The third-order valence-electron chi connectivity index (χ3n) is 2.37. The van der Waals surface area contributed by atoms with Crippen LogP contribution in [0, 0.1) is 6.92 Å². The summed E-state index contributed by atoms with van der Waals surface area (Å²) in [4.78, 5) is 43.7. The van der Waals surface area contributed by atoms with Gasteiger partial charge in [-0.2, -0.15) is 0 Å². The summed E-state index contributed by atoms with van der Waals surface area (Å²) >= 11 is 0. The van der Waals surface area contributed by atoms with Gasteiger partial charge in [0.25, 0.3) is 0 Å². The molecule has 1 aromatic carbocycles. The number of hydrogen-bond donors (Lipinski definition) is 4. The second kappa shape index (κ2) is 8.13. The van der Waals surface area contributed by atoms with E-state index in [1.165, 1.54) is 6.07 Å². The maximum absolute atomic E-state index is 11.5. The van der Waals surface area contributed by atoms with Crippen LogP contribution in [0.1, 0.15) is 5.56 Å². The average Bonchev–Trinajstić information content (AvgIpc) is 2.42. The smallest absolute Gasteiger partial charge is 0.328 e. The van der Waals surface area contributed by atoms with Gasteiger partial charge in [0, 0.05) is 35.7 Å². The van der Waals surface area contributed by atoms with E-state index in [-0.39, 0.29) is 0 Å². The van der Waals surface area contributed by atoms with Crippen molar-refractivity contribution in [3.8, 4) is 0 Å². The van der Waals surface area contributed by atoms with Gasteiger partial charge in [-0.3, -0.25) is 9.59 Å². The van der Waals surface area contributed by atoms with Crippen molar-refractivity contribution in [1.82, 2.24) is 0 Å². The third-order valence-corrected chi connectivity index (χ3v) is 2.37. The number of carboxylic acids is 2. The molecule has 0 spiro atoms. The quantitative estimate of drug-likeness (QED) is 0.582. The number of hydrogen-bond acceptors (Lipinski definition) is 4. The lowest BCUT2D eigenvalue weighted by Crippen LogP contribution is -2.11. The first-order valence-corrected chi connectivity index (χ1v) is 6.32. The zero-order chi connectivity index (χ0) is 17.4. The van der Waals surface area contributed by atoms with Crippen LogP contribution in [0.4, 0.5) is 11.4 Å². The molecule has 23 heavy (non-hydrogen) atoms. The minimum atomic E-state index is -1.25. The molecule has 4 N–H and O–H groups in total. The Hall–Kier alpha value is -3.42. The fourth-order valence-corrected chi connectivity index (χ4v) is 1.59. The predicted octanol–water partition coefficient (Wildman–Crippen LogP) is 1.15. The summed E-state index contributed by atoms with van der Waals surface area (Å²) in [5.74, 6) is -3.77. The molecule has 1 aromatic rings. The summed E-state index contributed by atoms with van der Waals surface area (Å²) in [5.41, 5.74) is 1.42. The summed E-state index contributed by atoms with van der Waals surface area (Å²) in [6, 6.07) is 4.69. The standard InChI is InChI=1S/C15H14N2O6/c1-9-6-10(16-12(18)2-4-14(20)21)8-11(7-9)17-13(19)3-5-15(22)23/h2-8H,1H3,(H,16,18)(H,17,19)(H,20,21)(H,22,23)/b4-2-,5-3-. The van der Waals surface area contributed by atoms with Gasteiger partial charge in [0.05, 0.1) is 0 Å². The van der Waals surface area contributed by atoms with E-state index in [4.69, 9.17) is 10.2 Å². The van der Waals surface area contributed by atoms with E-state index < -0.39 is 23.8 Å². The lowest BCUT2D eigenvalue weighted by atomic mass is 10.2. The van der Waals surface area contributed by atoms with Crippen LogP contribution in [0.3, 0.4) is 0 Å². The molecule has 0 unspecified atom stereocenters. The maximum Gasteiger partial charge on any atom is 0.328 e. The van der Waals surface area contributed by atoms with Gasteiger partial charge in [-0.1, -0.05) is 0 Å². The van der Waals surface area contributed by atoms with E-state index in [2.05, 4.69) is 10.6 Å². The molecular weight excluding hydrogens is 304 g/mol. The van der Waals surface area contributed by atoms with Crippen molar-refractivity contribution in [3.63, 3.8) is 0 Å². The lowest BCUT2D eigenvalue weighted by Gasteiger charge is -2.08. The minimum absolute atomic E-state index is 0.350. The number of carbonyl (C=O) groups is 4. The predicted molar refractivity (Wildman–Crippen MR) is 82.0 cm³/mol. The van der Waals surface area contributed by atoms with Crippen LogP contribution in [0.2, 0.25) is 0 Å². The number of benzene rings is 1. The van der Waals surface area contributed by atoms with Gasteiger partial charge in [0.1, 0.15) is 0 Å². The highest BCUT2D eigenvalue weighted by atomic mass is 16.4. The molecule has 0 aliphatic heterocycles. The van der Waals surface area contributed by atoms with Gasteiger partial charge < -0.3 is 20.8 Å². The van der Waals surface area contributed by atoms with Gasteiger partial charge in [0.2, 0.25) is 11.8 Å². The van der Waals surface area contributed by atoms with E-state index in [1.807, 2.05) is 0 Å². The average molecular weight is 318 g/mol. The Balaban J connectivity index is 2.83. The van der Waals surface area contributed by atoms with Gasteiger partial charge >= 0.3 is 11.9 Å². The summed E-state index contributed by atoms with van der Waals surface area (Å²) in [5, 5.41) is 21.8. The van der Waals surface area contributed by atoms with E-state index in [0.717, 1.165) is 17.7 Å². The molecule has 0 aliphatic carbocycles. The Morgan fingerprint density at radius 2 is 1.17 bits per heavy atom. The van der Waals surface area contributed by atoms with Crippen LogP contribution >= 0.6 is 0 Å². The van der Waals surface area contributed by atoms with E-state index in [1.54, 1.807) is 19.1 Å². The molecule has 0 heterocycles. The highest BCUT2D eigenvalue weighted by Gasteiger charge is 2.04. The van der Waals surface area contributed by atoms with Crippen LogP contribution in [0.5, 0.6) is 0 Å². The lowest BCUT2D eigenvalue weighted by molar-refractivity contribution is -0.132. The number of rotatable bonds is 6. The van der Waals surface area contributed by atoms with Crippen LogP contribution in [0.15, 0.2) is 42.5 Å². The zero-order valence-corrected chi connectivity index (χ0v) is 12.1. The fraction of sp³-hybridized carbons (Fsp3) is 0.0667. The molecule has 0 radical (unpaired) electrons. The van der Waals surface area contributed by atoms with Crippen molar-refractivity contribution in [1.29, 1.82) is 0 Å². The molecule has 0 saturated heterocycles. The summed E-state index contributed by atoms with van der Waals surface area (Å²) in [6.45, 7) is 1.73. The number of carbonyl (C=O) groups excluding carboxylic acids is 2. The molecule has 0 fully saturated rings. The molecule has 0 aliphatic rings. The number of aliphatic carboxylic acids is 2. The third kappa shape index (κ3) is 7.23. The first-order valence-electron chi connectivity index (χ1n) is 6.32. The highest BCUT2D eigenvalue weighted by molar-refractivity contribution is 6.04. The van der Waals surface area contributed by atoms with Crippen LogP contribution < -0.4 is 10.6 Å². The Morgan fingerprint density at radius 3 is 1.52 bits per heavy atom. The topological polar surface area (TPSA) is 133 Å². The Labute approximate surface area is 131 Å². The van der Waals surface area contributed by atoms with Crippen molar-refractivity contribution in [2.75, 3.05) is 10.6 Å². The molecule has 0 atom stereocenters. The Morgan fingerprint density at radius 1 is 0.783 bits per heavy atom. The van der Waals surface area contributed by atoms with Crippen molar-refractivity contribution in [2.24, 2.45) is 0 Å². The minimum Gasteiger partial charge on any atom is -0.478 e. The Bertz CT molecular complexity index is 650. The second-order valence-electron chi connectivity index (χ2n) is 4.41. The molecule has 8 heteroatoms. The summed E-state index contributed by atoms with van der Waals surface area (Å²) < 4.78 is 0. The maximum atomic E-state index is 11.5. The van der Waals surface area contributed by atoms with Gasteiger partial charge in [-0.25, -0.2) is 9.59 Å². The number of nitrogens with one attached hydrogen (secondary N) is 2. The highest BCUT2D eigenvalue weighted by Crippen LogP contribution is 2.18. The second-order valence-corrected chi connectivity index (χ2v) is 4.41. The summed E-state index contributed by atoms with van der Waals surface area (Å²) in [6.07, 6.45) is 3.12. The molecule has 0 saturated carbocycles. The molecule has 120 valence electrons. The van der Waals surface area contributed by atoms with Gasteiger partial charge in [0.15, 0.2) is 0 Å². The van der Waals surface area contributed by atoms with Gasteiger partial charge in [-0.05, 0) is 30.7 Å². The van der Waals surface area contributed by atoms with Crippen molar-refractivity contribution < 1.29 is 29.4 Å².